The first-order valence-corrected chi connectivity index (χ1v) is 8.06. The SMILES string of the molecule is Cc1cc(N2CCCC[C@H]2C)nc(NC(=S)NC(C)C)n1. The van der Waals surface area contributed by atoms with E-state index >= 15 is 0 Å². The van der Waals surface area contributed by atoms with Crippen LogP contribution in [0.25, 0.3) is 0 Å². The van der Waals surface area contributed by atoms with Crippen molar-refractivity contribution in [3.8, 4) is 0 Å². The van der Waals surface area contributed by atoms with Crippen molar-refractivity contribution in [2.24, 2.45) is 0 Å². The van der Waals surface area contributed by atoms with Gasteiger partial charge in [0.15, 0.2) is 5.11 Å². The molecule has 2 heterocycles. The van der Waals surface area contributed by atoms with Gasteiger partial charge < -0.3 is 15.5 Å². The van der Waals surface area contributed by atoms with Gasteiger partial charge in [0, 0.05) is 30.4 Å². The van der Waals surface area contributed by atoms with Gasteiger partial charge in [-0.15, -0.1) is 0 Å². The molecule has 1 aliphatic heterocycles. The molecule has 2 N–H and O–H groups in total. The standard InChI is InChI=1S/C15H25N5S/c1-10(2)16-15(21)19-14-17-11(3)9-13(18-14)20-8-6-5-7-12(20)4/h9-10,12H,5-8H2,1-4H3,(H2,16,17,18,19,21)/t12-/m1/s1. The summed E-state index contributed by atoms with van der Waals surface area (Å²) in [4.78, 5) is 11.4. The summed E-state index contributed by atoms with van der Waals surface area (Å²) < 4.78 is 0. The Morgan fingerprint density at radius 3 is 2.81 bits per heavy atom. The van der Waals surface area contributed by atoms with E-state index in [-0.39, 0.29) is 6.04 Å². The van der Waals surface area contributed by atoms with E-state index in [1.54, 1.807) is 0 Å². The number of nitrogens with one attached hydrogen (secondary N) is 2. The van der Waals surface area contributed by atoms with Gasteiger partial charge in [-0.3, -0.25) is 0 Å². The van der Waals surface area contributed by atoms with E-state index < -0.39 is 0 Å². The Kier molecular flexibility index (Phi) is 5.33. The summed E-state index contributed by atoms with van der Waals surface area (Å²) in [6.07, 6.45) is 3.75. The third kappa shape index (κ3) is 4.52. The van der Waals surface area contributed by atoms with Crippen molar-refractivity contribution >= 4 is 29.1 Å². The van der Waals surface area contributed by atoms with E-state index in [0.717, 1.165) is 18.1 Å². The van der Waals surface area contributed by atoms with E-state index in [2.05, 4.69) is 32.4 Å². The molecule has 0 bridgehead atoms. The van der Waals surface area contributed by atoms with Crippen LogP contribution in [0.5, 0.6) is 0 Å². The molecular formula is C15H25N5S. The Hall–Kier alpha value is -1.43. The molecule has 5 nitrogen and oxygen atoms in total. The zero-order valence-electron chi connectivity index (χ0n) is 13.3. The maximum atomic E-state index is 5.26. The highest BCUT2D eigenvalue weighted by Crippen LogP contribution is 2.24. The molecule has 6 heteroatoms. The topological polar surface area (TPSA) is 53.1 Å². The molecule has 0 aliphatic carbocycles. The Labute approximate surface area is 132 Å². The minimum Gasteiger partial charge on any atom is -0.360 e. The van der Waals surface area contributed by atoms with Crippen LogP contribution in [0.2, 0.25) is 0 Å². The second-order valence-corrected chi connectivity index (χ2v) is 6.39. The Morgan fingerprint density at radius 1 is 1.38 bits per heavy atom. The summed E-state index contributed by atoms with van der Waals surface area (Å²) in [7, 11) is 0. The number of hydrogen-bond donors (Lipinski definition) is 2. The first-order valence-electron chi connectivity index (χ1n) is 7.65. The number of thiocarbonyl (C=S) groups is 1. The molecule has 0 spiro atoms. The monoisotopic (exact) mass is 307 g/mol. The van der Waals surface area contributed by atoms with Gasteiger partial charge >= 0.3 is 0 Å². The van der Waals surface area contributed by atoms with E-state index in [0.29, 0.717) is 17.1 Å². The van der Waals surface area contributed by atoms with Crippen LogP contribution in [0.3, 0.4) is 0 Å². The molecule has 116 valence electrons. The van der Waals surface area contributed by atoms with Crippen molar-refractivity contribution in [3.63, 3.8) is 0 Å². The van der Waals surface area contributed by atoms with Gasteiger partial charge in [-0.05, 0) is 59.2 Å². The van der Waals surface area contributed by atoms with Crippen molar-refractivity contribution in [2.75, 3.05) is 16.8 Å². The second-order valence-electron chi connectivity index (χ2n) is 5.98. The average molecular weight is 307 g/mol. The number of piperidine rings is 1. The normalized spacial score (nSPS) is 18.7. The van der Waals surface area contributed by atoms with Gasteiger partial charge in [-0.1, -0.05) is 0 Å². The summed E-state index contributed by atoms with van der Waals surface area (Å²) >= 11 is 5.26. The van der Waals surface area contributed by atoms with Crippen LogP contribution in [-0.2, 0) is 0 Å². The summed E-state index contributed by atoms with van der Waals surface area (Å²) in [6.45, 7) is 9.40. The predicted octanol–water partition coefficient (Wildman–Crippen LogP) is 2.86. The van der Waals surface area contributed by atoms with Gasteiger partial charge in [0.2, 0.25) is 5.95 Å². The maximum absolute atomic E-state index is 5.26. The highest BCUT2D eigenvalue weighted by molar-refractivity contribution is 7.80. The largest absolute Gasteiger partial charge is 0.360 e. The van der Waals surface area contributed by atoms with Crippen molar-refractivity contribution < 1.29 is 0 Å². The van der Waals surface area contributed by atoms with Crippen LogP contribution in [0.1, 0.15) is 45.7 Å². The van der Waals surface area contributed by atoms with Gasteiger partial charge in [0.05, 0.1) is 0 Å². The molecule has 0 radical (unpaired) electrons. The van der Waals surface area contributed by atoms with Crippen LogP contribution in [0, 0.1) is 6.92 Å². The lowest BCUT2D eigenvalue weighted by Gasteiger charge is -2.34. The smallest absolute Gasteiger partial charge is 0.231 e. The Balaban J connectivity index is 2.15. The third-order valence-corrected chi connectivity index (χ3v) is 3.80. The highest BCUT2D eigenvalue weighted by Gasteiger charge is 2.20. The molecule has 0 saturated carbocycles. The van der Waals surface area contributed by atoms with E-state index in [4.69, 9.17) is 12.2 Å². The van der Waals surface area contributed by atoms with Crippen LogP contribution in [0.15, 0.2) is 6.07 Å². The highest BCUT2D eigenvalue weighted by atomic mass is 32.1. The number of aryl methyl sites for hydroxylation is 1. The quantitative estimate of drug-likeness (QED) is 0.838. The van der Waals surface area contributed by atoms with Crippen LogP contribution in [-0.4, -0.2) is 33.7 Å². The van der Waals surface area contributed by atoms with Gasteiger partial charge in [0.25, 0.3) is 0 Å². The summed E-state index contributed by atoms with van der Waals surface area (Å²) in [5.41, 5.74) is 0.952. The molecule has 0 amide bonds. The average Bonchev–Trinajstić information content (AvgIpc) is 2.37. The molecule has 0 aromatic carbocycles. The fraction of sp³-hybridized carbons (Fsp3) is 0.667. The van der Waals surface area contributed by atoms with E-state index in [1.807, 2.05) is 26.8 Å². The zero-order chi connectivity index (χ0) is 15.4. The Morgan fingerprint density at radius 2 is 2.14 bits per heavy atom. The fourth-order valence-corrected chi connectivity index (χ4v) is 2.92. The summed E-state index contributed by atoms with van der Waals surface area (Å²) in [6, 6.07) is 2.87. The number of anilines is 2. The molecule has 1 aliphatic rings. The minimum absolute atomic E-state index is 0.288. The molecule has 0 unspecified atom stereocenters. The van der Waals surface area contributed by atoms with Crippen LogP contribution >= 0.6 is 12.2 Å². The molecular weight excluding hydrogens is 282 g/mol. The molecule has 1 fully saturated rings. The van der Waals surface area contributed by atoms with Crippen molar-refractivity contribution in [1.29, 1.82) is 0 Å². The lowest BCUT2D eigenvalue weighted by molar-refractivity contribution is 0.481. The lowest BCUT2D eigenvalue weighted by Crippen LogP contribution is -2.38. The minimum atomic E-state index is 0.288. The molecule has 1 aromatic rings. The molecule has 1 saturated heterocycles. The first kappa shape index (κ1) is 15.9. The number of nitrogens with zero attached hydrogens (tertiary/aromatic N) is 3. The predicted molar refractivity (Wildman–Crippen MR) is 91.9 cm³/mol. The Bertz CT molecular complexity index is 503. The number of rotatable bonds is 3. The van der Waals surface area contributed by atoms with E-state index in [9.17, 15) is 0 Å². The zero-order valence-corrected chi connectivity index (χ0v) is 14.1. The number of aromatic nitrogens is 2. The number of hydrogen-bond acceptors (Lipinski definition) is 4. The first-order chi connectivity index (χ1) is 9.95. The van der Waals surface area contributed by atoms with Crippen molar-refractivity contribution in [3.05, 3.63) is 11.8 Å². The van der Waals surface area contributed by atoms with Crippen molar-refractivity contribution in [2.45, 2.75) is 59.0 Å². The van der Waals surface area contributed by atoms with Gasteiger partial charge in [0.1, 0.15) is 5.82 Å². The van der Waals surface area contributed by atoms with Crippen LogP contribution in [0.4, 0.5) is 11.8 Å². The second kappa shape index (κ2) is 7.02. The van der Waals surface area contributed by atoms with Gasteiger partial charge in [-0.25, -0.2) is 4.98 Å². The molecule has 1 atom stereocenters. The van der Waals surface area contributed by atoms with Crippen molar-refractivity contribution in [1.82, 2.24) is 15.3 Å². The lowest BCUT2D eigenvalue weighted by atomic mass is 10.0. The summed E-state index contributed by atoms with van der Waals surface area (Å²) in [5.74, 6) is 1.56. The molecule has 21 heavy (non-hydrogen) atoms. The third-order valence-electron chi connectivity index (χ3n) is 3.58. The summed E-state index contributed by atoms with van der Waals surface area (Å²) in [5, 5.41) is 6.79. The molecule has 1 aromatic heterocycles. The van der Waals surface area contributed by atoms with E-state index in [1.165, 1.54) is 19.3 Å². The van der Waals surface area contributed by atoms with Crippen LogP contribution < -0.4 is 15.5 Å². The maximum Gasteiger partial charge on any atom is 0.231 e. The molecule has 2 rings (SSSR count). The fourth-order valence-electron chi connectivity index (χ4n) is 2.59. The van der Waals surface area contributed by atoms with Gasteiger partial charge in [-0.2, -0.15) is 4.98 Å².